The van der Waals surface area contributed by atoms with Crippen molar-refractivity contribution in [1.82, 2.24) is 0 Å². The molecule has 0 atom stereocenters. The maximum atomic E-state index is 6.68. The minimum Gasteiger partial charge on any atom is -0.455 e. The highest BCUT2D eigenvalue weighted by Crippen LogP contribution is 2.45. The molecule has 2 heteroatoms. The highest BCUT2D eigenvalue weighted by Gasteiger charge is 2.20. The zero-order valence-corrected chi connectivity index (χ0v) is 30.7. The van der Waals surface area contributed by atoms with Crippen molar-refractivity contribution in [3.05, 3.63) is 224 Å². The highest BCUT2D eigenvalue weighted by molar-refractivity contribution is 6.12. The van der Waals surface area contributed by atoms with E-state index < -0.39 is 0 Å². The third kappa shape index (κ3) is 6.14. The van der Waals surface area contributed by atoms with Crippen LogP contribution in [0, 0.1) is 0 Å². The fraction of sp³-hybridized carbons (Fsp3) is 0. The van der Waals surface area contributed by atoms with Crippen LogP contribution >= 0.6 is 0 Å². The molecule has 0 unspecified atom stereocenters. The Morgan fingerprint density at radius 3 is 1.36 bits per heavy atom. The fourth-order valence-corrected chi connectivity index (χ4v) is 7.96. The van der Waals surface area contributed by atoms with Gasteiger partial charge in [0.15, 0.2) is 0 Å². The SMILES string of the molecule is c1ccc(-c2ccc(-c3c(-c4ccc(N(c5ccc(-c6ccccc6)cc5)c5ccccc5-c5ccccc5)cc4)ccc4c3oc3ccccc34)cc2)cc1. The van der Waals surface area contributed by atoms with Crippen LogP contribution in [0.4, 0.5) is 17.1 Å². The number of para-hydroxylation sites is 2. The predicted octanol–water partition coefficient (Wildman–Crippen LogP) is 15.4. The molecule has 264 valence electrons. The molecule has 0 fully saturated rings. The third-order valence-corrected chi connectivity index (χ3v) is 10.7. The molecule has 0 radical (unpaired) electrons. The van der Waals surface area contributed by atoms with Gasteiger partial charge >= 0.3 is 0 Å². The molecule has 0 aliphatic heterocycles. The van der Waals surface area contributed by atoms with Crippen LogP contribution in [0.2, 0.25) is 0 Å². The predicted molar refractivity (Wildman–Crippen MR) is 236 cm³/mol. The number of anilines is 3. The molecular formula is C54H37NO. The van der Waals surface area contributed by atoms with Gasteiger partial charge in [-0.3, -0.25) is 0 Å². The monoisotopic (exact) mass is 715 g/mol. The van der Waals surface area contributed by atoms with Crippen molar-refractivity contribution in [3.8, 4) is 55.6 Å². The van der Waals surface area contributed by atoms with E-state index in [9.17, 15) is 0 Å². The zero-order valence-electron chi connectivity index (χ0n) is 30.7. The van der Waals surface area contributed by atoms with Crippen molar-refractivity contribution in [2.45, 2.75) is 0 Å². The third-order valence-electron chi connectivity index (χ3n) is 10.7. The first-order valence-corrected chi connectivity index (χ1v) is 19.1. The summed E-state index contributed by atoms with van der Waals surface area (Å²) >= 11 is 0. The molecule has 0 N–H and O–H groups in total. The van der Waals surface area contributed by atoms with E-state index in [2.05, 4.69) is 223 Å². The van der Waals surface area contributed by atoms with Gasteiger partial charge in [0, 0.05) is 33.3 Å². The standard InChI is InChI=1S/C54H37NO/c1-4-14-38(15-5-1)40-24-26-44(27-25-40)53-48(36-37-50-49-21-11-13-23-52(49)56-54(50)53)43-30-34-46(35-31-43)55(45-32-28-41(29-33-45)39-16-6-2-7-17-39)51-22-12-10-20-47(51)42-18-8-3-9-19-42/h1-37H. The lowest BCUT2D eigenvalue weighted by molar-refractivity contribution is 0.670. The molecule has 56 heavy (non-hydrogen) atoms. The molecule has 10 rings (SSSR count). The van der Waals surface area contributed by atoms with E-state index in [1.165, 1.54) is 33.4 Å². The number of benzene rings is 9. The minimum atomic E-state index is 0.892. The molecule has 1 aromatic heterocycles. The molecule has 0 saturated heterocycles. The molecule has 0 aliphatic carbocycles. The summed E-state index contributed by atoms with van der Waals surface area (Å²) in [6, 6.07) is 79.9. The Bertz CT molecular complexity index is 2910. The first-order valence-electron chi connectivity index (χ1n) is 19.1. The van der Waals surface area contributed by atoms with E-state index in [0.29, 0.717) is 0 Å². The second-order valence-corrected chi connectivity index (χ2v) is 14.1. The van der Waals surface area contributed by atoms with Gasteiger partial charge in [-0.2, -0.15) is 0 Å². The molecule has 0 saturated carbocycles. The molecule has 10 aromatic rings. The number of nitrogens with zero attached hydrogens (tertiary/aromatic N) is 1. The summed E-state index contributed by atoms with van der Waals surface area (Å²) in [5, 5.41) is 2.24. The van der Waals surface area contributed by atoms with Gasteiger partial charge in [0.25, 0.3) is 0 Å². The Labute approximate surface area is 327 Å². The van der Waals surface area contributed by atoms with Gasteiger partial charge in [0.05, 0.1) is 5.69 Å². The number of rotatable bonds is 8. The van der Waals surface area contributed by atoms with E-state index in [1.54, 1.807) is 0 Å². The summed E-state index contributed by atoms with van der Waals surface area (Å²) in [6.45, 7) is 0. The lowest BCUT2D eigenvalue weighted by Crippen LogP contribution is -2.11. The molecule has 2 nitrogen and oxygen atoms in total. The van der Waals surface area contributed by atoms with E-state index in [0.717, 1.165) is 61.3 Å². The smallest absolute Gasteiger partial charge is 0.143 e. The lowest BCUT2D eigenvalue weighted by Gasteiger charge is -2.28. The van der Waals surface area contributed by atoms with Gasteiger partial charge < -0.3 is 9.32 Å². The van der Waals surface area contributed by atoms with E-state index >= 15 is 0 Å². The lowest BCUT2D eigenvalue weighted by atomic mass is 9.91. The summed E-state index contributed by atoms with van der Waals surface area (Å²) in [4.78, 5) is 2.37. The minimum absolute atomic E-state index is 0.892. The molecule has 9 aromatic carbocycles. The van der Waals surface area contributed by atoms with Gasteiger partial charge in [0.1, 0.15) is 11.2 Å². The maximum absolute atomic E-state index is 6.68. The first kappa shape index (κ1) is 33.2. The summed E-state index contributed by atoms with van der Waals surface area (Å²) in [6.07, 6.45) is 0. The van der Waals surface area contributed by atoms with Crippen LogP contribution < -0.4 is 4.90 Å². The van der Waals surface area contributed by atoms with Gasteiger partial charge in [-0.1, -0.05) is 182 Å². The van der Waals surface area contributed by atoms with Crippen LogP contribution in [0.5, 0.6) is 0 Å². The second kappa shape index (κ2) is 14.4. The molecule has 0 spiro atoms. The van der Waals surface area contributed by atoms with Crippen molar-refractivity contribution >= 4 is 39.0 Å². The average molecular weight is 716 g/mol. The van der Waals surface area contributed by atoms with Crippen molar-refractivity contribution < 1.29 is 4.42 Å². The van der Waals surface area contributed by atoms with E-state index in [4.69, 9.17) is 4.42 Å². The second-order valence-electron chi connectivity index (χ2n) is 14.1. The molecule has 1 heterocycles. The summed E-state index contributed by atoms with van der Waals surface area (Å²) in [7, 11) is 0. The Morgan fingerprint density at radius 2 is 0.732 bits per heavy atom. The largest absolute Gasteiger partial charge is 0.455 e. The van der Waals surface area contributed by atoms with Gasteiger partial charge in [0.2, 0.25) is 0 Å². The summed E-state index contributed by atoms with van der Waals surface area (Å²) in [5.41, 5.74) is 16.6. The Hall–Kier alpha value is -7.42. The van der Waals surface area contributed by atoms with Crippen molar-refractivity contribution in [3.63, 3.8) is 0 Å². The summed E-state index contributed by atoms with van der Waals surface area (Å²) < 4.78 is 6.68. The average Bonchev–Trinajstić information content (AvgIpc) is 3.67. The summed E-state index contributed by atoms with van der Waals surface area (Å²) in [5.74, 6) is 0. The highest BCUT2D eigenvalue weighted by atomic mass is 16.3. The molecule has 0 aliphatic rings. The first-order chi connectivity index (χ1) is 27.8. The fourth-order valence-electron chi connectivity index (χ4n) is 7.96. The molecular weight excluding hydrogens is 679 g/mol. The Balaban J connectivity index is 1.11. The Morgan fingerprint density at radius 1 is 0.286 bits per heavy atom. The number of hydrogen-bond donors (Lipinski definition) is 0. The number of hydrogen-bond acceptors (Lipinski definition) is 2. The van der Waals surface area contributed by atoms with Crippen LogP contribution in [0.15, 0.2) is 229 Å². The van der Waals surface area contributed by atoms with Crippen LogP contribution in [0.25, 0.3) is 77.6 Å². The van der Waals surface area contributed by atoms with Crippen LogP contribution in [-0.2, 0) is 0 Å². The zero-order chi connectivity index (χ0) is 37.3. The van der Waals surface area contributed by atoms with Crippen LogP contribution in [0.1, 0.15) is 0 Å². The number of fused-ring (bicyclic) bond motifs is 3. The topological polar surface area (TPSA) is 16.4 Å². The molecule has 0 bridgehead atoms. The van der Waals surface area contributed by atoms with Crippen molar-refractivity contribution in [2.75, 3.05) is 4.90 Å². The van der Waals surface area contributed by atoms with Crippen molar-refractivity contribution in [2.24, 2.45) is 0 Å². The number of furan rings is 1. The quantitative estimate of drug-likeness (QED) is 0.156. The molecule has 0 amide bonds. The van der Waals surface area contributed by atoms with Crippen LogP contribution in [0.3, 0.4) is 0 Å². The van der Waals surface area contributed by atoms with Crippen molar-refractivity contribution in [1.29, 1.82) is 0 Å². The van der Waals surface area contributed by atoms with E-state index in [-0.39, 0.29) is 0 Å². The van der Waals surface area contributed by atoms with Gasteiger partial charge in [-0.15, -0.1) is 0 Å². The maximum Gasteiger partial charge on any atom is 0.143 e. The van der Waals surface area contributed by atoms with Crippen LogP contribution in [-0.4, -0.2) is 0 Å². The Kier molecular flexibility index (Phi) is 8.55. The normalized spacial score (nSPS) is 11.2. The van der Waals surface area contributed by atoms with Gasteiger partial charge in [-0.25, -0.2) is 0 Å². The van der Waals surface area contributed by atoms with E-state index in [1.807, 2.05) is 6.07 Å². The van der Waals surface area contributed by atoms with Gasteiger partial charge in [-0.05, 0) is 87.0 Å².